The van der Waals surface area contributed by atoms with Crippen molar-refractivity contribution in [3.05, 3.63) is 53.1 Å². The van der Waals surface area contributed by atoms with Gasteiger partial charge in [0.05, 0.1) is 24.6 Å². The number of carbonyl (C=O) groups is 3. The monoisotopic (exact) mass is 549 g/mol. The molecule has 0 spiro atoms. The number of piperidine rings is 1. The Morgan fingerprint density at radius 1 is 1.08 bits per heavy atom. The average molecular weight is 550 g/mol. The molecule has 2 aromatic rings. The van der Waals surface area contributed by atoms with E-state index in [1.165, 1.54) is 17.3 Å². The molecule has 2 atom stereocenters. The molecular weight excluding hydrogens is 513 g/mol. The maximum Gasteiger partial charge on any atom is 0.336 e. The van der Waals surface area contributed by atoms with Crippen molar-refractivity contribution in [3.8, 4) is 0 Å². The topological polar surface area (TPSA) is 173 Å². The van der Waals surface area contributed by atoms with Gasteiger partial charge >= 0.3 is 17.9 Å². The van der Waals surface area contributed by atoms with Crippen LogP contribution in [0.15, 0.2) is 30.5 Å². The summed E-state index contributed by atoms with van der Waals surface area (Å²) >= 11 is 0. The van der Waals surface area contributed by atoms with Gasteiger partial charge in [0.2, 0.25) is 0 Å². The Labute approximate surface area is 225 Å². The number of carboxylic acid groups (broad SMARTS) is 3. The van der Waals surface area contributed by atoms with Gasteiger partial charge in [-0.05, 0) is 45.1 Å². The van der Waals surface area contributed by atoms with Crippen LogP contribution >= 0.6 is 0 Å². The number of aryl methyl sites for hydroxylation is 1. The third-order valence-corrected chi connectivity index (χ3v) is 7.57. The molecule has 0 radical (unpaired) electrons. The number of rotatable bonds is 10. The largest absolute Gasteiger partial charge is 0.481 e. The van der Waals surface area contributed by atoms with E-state index in [2.05, 4.69) is 28.5 Å². The molecule has 4 rings (SSSR count). The van der Waals surface area contributed by atoms with E-state index in [0.717, 1.165) is 32.4 Å². The molecule has 0 saturated carbocycles. The number of hydrogen-bond donors (Lipinski definition) is 5. The van der Waals surface area contributed by atoms with Crippen LogP contribution in [0.25, 0.3) is 0 Å². The molecule has 3 heterocycles. The summed E-state index contributed by atoms with van der Waals surface area (Å²) in [5, 5.41) is 49.6. The lowest BCUT2D eigenvalue weighted by Gasteiger charge is -2.44. The van der Waals surface area contributed by atoms with Crippen LogP contribution in [0.1, 0.15) is 68.7 Å². The Hall–Kier alpha value is -3.35. The molecule has 12 heteroatoms. The number of aromatic nitrogens is 2. The third kappa shape index (κ3) is 7.00. The summed E-state index contributed by atoms with van der Waals surface area (Å²) in [5.74, 6) is -5.31. The summed E-state index contributed by atoms with van der Waals surface area (Å²) in [5.41, 5.74) is -0.816. The Morgan fingerprint density at radius 3 is 2.13 bits per heavy atom. The highest BCUT2D eigenvalue weighted by molar-refractivity contribution is 5.88. The first-order valence-corrected chi connectivity index (χ1v) is 12.9. The molecule has 2 unspecified atom stereocenters. The second kappa shape index (κ2) is 12.2. The number of nitrogens with zero attached hydrogens (tertiary/aromatic N) is 3. The van der Waals surface area contributed by atoms with Gasteiger partial charge in [0.25, 0.3) is 0 Å². The zero-order chi connectivity index (χ0) is 29.0. The van der Waals surface area contributed by atoms with Gasteiger partial charge in [-0.3, -0.25) is 19.2 Å². The number of hydrogen-bond acceptors (Lipinski definition) is 7. The lowest BCUT2D eigenvalue weighted by molar-refractivity contribution is -0.170. The van der Waals surface area contributed by atoms with Gasteiger partial charge in [-0.1, -0.05) is 25.1 Å². The molecule has 1 aromatic heterocycles. The highest BCUT2D eigenvalue weighted by atomic mass is 19.1. The van der Waals surface area contributed by atoms with E-state index >= 15 is 0 Å². The van der Waals surface area contributed by atoms with Crippen molar-refractivity contribution in [2.24, 2.45) is 0 Å². The Bertz CT molecular complexity index is 1170. The maximum absolute atomic E-state index is 14.3. The van der Waals surface area contributed by atoms with Gasteiger partial charge in [0.15, 0.2) is 5.60 Å². The van der Waals surface area contributed by atoms with E-state index in [0.29, 0.717) is 30.5 Å². The molecule has 2 aliphatic rings. The molecule has 1 aromatic carbocycles. The number of benzene rings is 1. The Morgan fingerprint density at radius 2 is 1.64 bits per heavy atom. The molecule has 0 amide bonds. The van der Waals surface area contributed by atoms with Crippen LogP contribution in [-0.2, 0) is 33.1 Å². The highest BCUT2D eigenvalue weighted by Gasteiger charge is 2.49. The number of aliphatic carboxylic acids is 3. The van der Waals surface area contributed by atoms with Crippen molar-refractivity contribution in [2.45, 2.75) is 95.2 Å². The fraction of sp³-hybridized carbons (Fsp3) is 0.556. The molecule has 11 nitrogen and oxygen atoms in total. The standard InChI is InChI=1S/C21H28FN3O.C6H8O7/c1-3-10-25-15(2)16(13-23-25)14-24-17-8-9-18(24)12-21(26,11-17)19-6-4-5-7-20(19)22;7-3(8)1-6(13,5(11)12)2-4(9)10/h4-7,13,17-18,26H,3,8-12,14H2,1-2H3;13H,1-2H2,(H,7,8)(H,9,10)(H,11,12). The van der Waals surface area contributed by atoms with Crippen LogP contribution < -0.4 is 0 Å². The molecule has 2 aliphatic heterocycles. The molecule has 214 valence electrons. The van der Waals surface area contributed by atoms with E-state index in [1.54, 1.807) is 12.1 Å². The summed E-state index contributed by atoms with van der Waals surface area (Å²) in [6.45, 7) is 6.12. The maximum atomic E-state index is 14.3. The van der Waals surface area contributed by atoms with Crippen molar-refractivity contribution in [3.63, 3.8) is 0 Å². The smallest absolute Gasteiger partial charge is 0.336 e. The summed E-state index contributed by atoms with van der Waals surface area (Å²) in [7, 11) is 0. The fourth-order valence-electron chi connectivity index (χ4n) is 5.62. The van der Waals surface area contributed by atoms with E-state index in [1.807, 2.05) is 12.3 Å². The van der Waals surface area contributed by atoms with Crippen LogP contribution in [-0.4, -0.2) is 75.8 Å². The number of fused-ring (bicyclic) bond motifs is 2. The molecule has 0 aliphatic carbocycles. The normalized spacial score (nSPS) is 22.7. The zero-order valence-corrected chi connectivity index (χ0v) is 22.1. The lowest BCUT2D eigenvalue weighted by atomic mass is 9.80. The number of carboxylic acids is 3. The van der Waals surface area contributed by atoms with E-state index < -0.39 is 42.0 Å². The Balaban J connectivity index is 0.000000276. The molecule has 2 saturated heterocycles. The van der Waals surface area contributed by atoms with Crippen LogP contribution in [0.4, 0.5) is 4.39 Å². The molecule has 2 bridgehead atoms. The van der Waals surface area contributed by atoms with Crippen molar-refractivity contribution >= 4 is 17.9 Å². The summed E-state index contributed by atoms with van der Waals surface area (Å²) in [4.78, 5) is 33.0. The summed E-state index contributed by atoms with van der Waals surface area (Å²) in [6, 6.07) is 7.29. The van der Waals surface area contributed by atoms with Crippen molar-refractivity contribution < 1.29 is 44.3 Å². The second-order valence-corrected chi connectivity index (χ2v) is 10.4. The first-order valence-electron chi connectivity index (χ1n) is 12.9. The molecule has 39 heavy (non-hydrogen) atoms. The average Bonchev–Trinajstić information content (AvgIpc) is 3.30. The predicted octanol–water partition coefficient (Wildman–Crippen LogP) is 2.51. The van der Waals surface area contributed by atoms with E-state index in [9.17, 15) is 23.9 Å². The van der Waals surface area contributed by atoms with Crippen LogP contribution in [0, 0.1) is 12.7 Å². The first-order chi connectivity index (χ1) is 18.3. The van der Waals surface area contributed by atoms with Gasteiger partial charge in [0.1, 0.15) is 5.82 Å². The molecular formula is C27H36FN3O8. The van der Waals surface area contributed by atoms with E-state index in [-0.39, 0.29) is 5.82 Å². The van der Waals surface area contributed by atoms with Gasteiger partial charge in [-0.15, -0.1) is 0 Å². The molecule has 2 fully saturated rings. The lowest BCUT2D eigenvalue weighted by Crippen LogP contribution is -2.49. The van der Waals surface area contributed by atoms with Gasteiger partial charge < -0.3 is 25.5 Å². The second-order valence-electron chi connectivity index (χ2n) is 10.4. The Kier molecular flexibility index (Phi) is 9.47. The minimum atomic E-state index is -2.74. The number of aliphatic hydroxyl groups is 2. The first kappa shape index (κ1) is 30.2. The summed E-state index contributed by atoms with van der Waals surface area (Å²) in [6.07, 6.45) is 4.13. The van der Waals surface area contributed by atoms with Crippen molar-refractivity contribution in [1.29, 1.82) is 0 Å². The van der Waals surface area contributed by atoms with E-state index in [4.69, 9.17) is 20.4 Å². The minimum Gasteiger partial charge on any atom is -0.481 e. The number of halogens is 1. The van der Waals surface area contributed by atoms with Gasteiger partial charge in [-0.2, -0.15) is 5.10 Å². The van der Waals surface area contributed by atoms with Crippen molar-refractivity contribution in [1.82, 2.24) is 14.7 Å². The van der Waals surface area contributed by atoms with Crippen LogP contribution in [0.5, 0.6) is 0 Å². The zero-order valence-electron chi connectivity index (χ0n) is 22.1. The summed E-state index contributed by atoms with van der Waals surface area (Å²) < 4.78 is 16.4. The quantitative estimate of drug-likeness (QED) is 0.296. The minimum absolute atomic E-state index is 0.292. The molecule has 5 N–H and O–H groups in total. The van der Waals surface area contributed by atoms with Gasteiger partial charge in [-0.25, -0.2) is 9.18 Å². The van der Waals surface area contributed by atoms with Crippen molar-refractivity contribution in [2.75, 3.05) is 0 Å². The van der Waals surface area contributed by atoms with Crippen LogP contribution in [0.3, 0.4) is 0 Å². The SMILES string of the molecule is CCCn1ncc(CN2C3CCC2CC(O)(c2ccccc2F)C3)c1C.O=C(O)CC(O)(CC(=O)O)C(=O)O. The van der Waals surface area contributed by atoms with Crippen LogP contribution in [0.2, 0.25) is 0 Å². The predicted molar refractivity (Wildman–Crippen MR) is 136 cm³/mol. The highest BCUT2D eigenvalue weighted by Crippen LogP contribution is 2.46. The van der Waals surface area contributed by atoms with Gasteiger partial charge in [0, 0.05) is 42.0 Å². The fourth-order valence-corrected chi connectivity index (χ4v) is 5.62. The third-order valence-electron chi connectivity index (χ3n) is 7.57.